The molecule has 27 heavy (non-hydrogen) atoms. The summed E-state index contributed by atoms with van der Waals surface area (Å²) in [5.41, 5.74) is 1.50. The Morgan fingerprint density at radius 1 is 0.852 bits per heavy atom. The van der Waals surface area contributed by atoms with Crippen molar-refractivity contribution >= 4 is 23.3 Å². The van der Waals surface area contributed by atoms with E-state index in [1.54, 1.807) is 29.2 Å². The minimum absolute atomic E-state index is 0.0241. The van der Waals surface area contributed by atoms with E-state index in [1.165, 1.54) is 24.3 Å². The molecule has 0 aliphatic carbocycles. The van der Waals surface area contributed by atoms with Crippen molar-refractivity contribution in [2.24, 2.45) is 0 Å². The topological polar surface area (TPSA) is 66.5 Å². The molecule has 5 nitrogen and oxygen atoms in total. The number of Topliss-reactive ketones (excluding diaryl/α,β-unsaturated/α-hetero) is 1. The number of carbonyl (C=O) groups is 3. The highest BCUT2D eigenvalue weighted by Gasteiger charge is 2.13. The van der Waals surface area contributed by atoms with Gasteiger partial charge in [-0.3, -0.25) is 14.4 Å². The standard InChI is InChI=1S/C21H23FN2O3/c1-3-24(4-2)21(27)16-7-11-18(12-8-16)23-20(26)14-13-19(25)15-5-9-17(22)10-6-15/h5-12H,3-4,13-14H2,1-2H3,(H,23,26). The number of nitrogens with zero attached hydrogens (tertiary/aromatic N) is 1. The summed E-state index contributed by atoms with van der Waals surface area (Å²) in [7, 11) is 0. The first kappa shape index (κ1) is 20.3. The maximum Gasteiger partial charge on any atom is 0.253 e. The van der Waals surface area contributed by atoms with Crippen LogP contribution in [-0.2, 0) is 4.79 Å². The summed E-state index contributed by atoms with van der Waals surface area (Å²) in [6.07, 6.45) is 0.0618. The van der Waals surface area contributed by atoms with Crippen LogP contribution < -0.4 is 5.32 Å². The second-order valence-corrected chi connectivity index (χ2v) is 6.03. The summed E-state index contributed by atoms with van der Waals surface area (Å²) in [5, 5.41) is 2.71. The molecule has 0 spiro atoms. The lowest BCUT2D eigenvalue weighted by Crippen LogP contribution is -2.30. The number of hydrogen-bond donors (Lipinski definition) is 1. The largest absolute Gasteiger partial charge is 0.339 e. The van der Waals surface area contributed by atoms with E-state index in [0.29, 0.717) is 29.9 Å². The summed E-state index contributed by atoms with van der Waals surface area (Å²) in [6, 6.07) is 11.9. The molecule has 0 saturated heterocycles. The number of amides is 2. The van der Waals surface area contributed by atoms with E-state index in [1.807, 2.05) is 13.8 Å². The predicted molar refractivity (Wildman–Crippen MR) is 102 cm³/mol. The third-order valence-corrected chi connectivity index (χ3v) is 4.21. The van der Waals surface area contributed by atoms with Gasteiger partial charge >= 0.3 is 0 Å². The summed E-state index contributed by atoms with van der Waals surface area (Å²) >= 11 is 0. The van der Waals surface area contributed by atoms with Gasteiger partial charge in [0.1, 0.15) is 5.82 Å². The Morgan fingerprint density at radius 3 is 1.96 bits per heavy atom. The predicted octanol–water partition coefficient (Wildman–Crippen LogP) is 3.91. The van der Waals surface area contributed by atoms with Gasteiger partial charge < -0.3 is 10.2 Å². The second-order valence-electron chi connectivity index (χ2n) is 6.03. The summed E-state index contributed by atoms with van der Waals surface area (Å²) in [4.78, 5) is 38.0. The fourth-order valence-electron chi connectivity index (χ4n) is 2.62. The van der Waals surface area contributed by atoms with Crippen LogP contribution >= 0.6 is 0 Å². The zero-order chi connectivity index (χ0) is 19.8. The molecule has 0 aromatic heterocycles. The first-order chi connectivity index (χ1) is 12.9. The molecule has 0 unspecified atom stereocenters. The van der Waals surface area contributed by atoms with Gasteiger partial charge in [0, 0.05) is 42.7 Å². The minimum Gasteiger partial charge on any atom is -0.339 e. The Hall–Kier alpha value is -3.02. The Kier molecular flexibility index (Phi) is 7.23. The summed E-state index contributed by atoms with van der Waals surface area (Å²) in [6.45, 7) is 5.11. The number of anilines is 1. The molecule has 0 bridgehead atoms. The molecule has 142 valence electrons. The van der Waals surface area contributed by atoms with Gasteiger partial charge in [-0.25, -0.2) is 4.39 Å². The van der Waals surface area contributed by atoms with Crippen molar-refractivity contribution in [3.05, 3.63) is 65.5 Å². The minimum atomic E-state index is -0.410. The molecule has 2 rings (SSSR count). The number of ketones is 1. The van der Waals surface area contributed by atoms with Gasteiger partial charge in [0.25, 0.3) is 5.91 Å². The number of hydrogen-bond acceptors (Lipinski definition) is 3. The average Bonchev–Trinajstić information content (AvgIpc) is 2.68. The lowest BCUT2D eigenvalue weighted by Gasteiger charge is -2.18. The van der Waals surface area contributed by atoms with Gasteiger partial charge in [-0.05, 0) is 62.4 Å². The van der Waals surface area contributed by atoms with E-state index in [0.717, 1.165) is 0 Å². The van der Waals surface area contributed by atoms with E-state index in [4.69, 9.17) is 0 Å². The Balaban J connectivity index is 1.87. The van der Waals surface area contributed by atoms with Crippen molar-refractivity contribution in [3.63, 3.8) is 0 Å². The van der Waals surface area contributed by atoms with Gasteiger partial charge in [0.2, 0.25) is 5.91 Å². The molecule has 2 aromatic carbocycles. The van der Waals surface area contributed by atoms with Crippen molar-refractivity contribution in [1.82, 2.24) is 4.90 Å². The lowest BCUT2D eigenvalue weighted by molar-refractivity contribution is -0.116. The van der Waals surface area contributed by atoms with E-state index < -0.39 is 5.82 Å². The van der Waals surface area contributed by atoms with Gasteiger partial charge in [0.05, 0.1) is 0 Å². The second kappa shape index (κ2) is 9.62. The third-order valence-electron chi connectivity index (χ3n) is 4.21. The highest BCUT2D eigenvalue weighted by atomic mass is 19.1. The zero-order valence-electron chi connectivity index (χ0n) is 15.5. The number of carbonyl (C=O) groups excluding carboxylic acids is 3. The first-order valence-corrected chi connectivity index (χ1v) is 8.92. The fourth-order valence-corrected chi connectivity index (χ4v) is 2.62. The molecule has 0 atom stereocenters. The normalized spacial score (nSPS) is 10.3. The fraction of sp³-hybridized carbons (Fsp3) is 0.286. The first-order valence-electron chi connectivity index (χ1n) is 8.92. The van der Waals surface area contributed by atoms with E-state index >= 15 is 0 Å². The van der Waals surface area contributed by atoms with E-state index in [9.17, 15) is 18.8 Å². The number of halogens is 1. The van der Waals surface area contributed by atoms with Crippen molar-refractivity contribution in [2.45, 2.75) is 26.7 Å². The maximum atomic E-state index is 12.9. The summed E-state index contributed by atoms with van der Waals surface area (Å²) < 4.78 is 12.9. The van der Waals surface area contributed by atoms with Crippen molar-refractivity contribution in [2.75, 3.05) is 18.4 Å². The molecule has 0 aliphatic heterocycles. The van der Waals surface area contributed by atoms with Crippen LogP contribution in [0.4, 0.5) is 10.1 Å². The smallest absolute Gasteiger partial charge is 0.253 e. The molecule has 2 aromatic rings. The summed E-state index contributed by atoms with van der Waals surface area (Å²) in [5.74, 6) is -0.978. The number of benzene rings is 2. The molecule has 0 heterocycles. The van der Waals surface area contributed by atoms with Crippen LogP contribution in [0.15, 0.2) is 48.5 Å². The van der Waals surface area contributed by atoms with Crippen LogP contribution in [0.3, 0.4) is 0 Å². The molecule has 0 aliphatic rings. The Labute approximate surface area is 158 Å². The SMILES string of the molecule is CCN(CC)C(=O)c1ccc(NC(=O)CCC(=O)c2ccc(F)cc2)cc1. The van der Waals surface area contributed by atoms with Crippen LogP contribution in [0.25, 0.3) is 0 Å². The molecule has 0 saturated carbocycles. The van der Waals surface area contributed by atoms with Crippen molar-refractivity contribution < 1.29 is 18.8 Å². The highest BCUT2D eigenvalue weighted by molar-refractivity contribution is 6.00. The number of rotatable bonds is 8. The molecule has 2 amide bonds. The quantitative estimate of drug-likeness (QED) is 0.717. The Morgan fingerprint density at radius 2 is 1.41 bits per heavy atom. The van der Waals surface area contributed by atoms with Crippen LogP contribution in [0.5, 0.6) is 0 Å². The molecule has 0 radical (unpaired) electrons. The van der Waals surface area contributed by atoms with Gasteiger partial charge in [-0.1, -0.05) is 0 Å². The van der Waals surface area contributed by atoms with E-state index in [-0.39, 0.29) is 30.4 Å². The highest BCUT2D eigenvalue weighted by Crippen LogP contribution is 2.13. The van der Waals surface area contributed by atoms with Crippen molar-refractivity contribution in [1.29, 1.82) is 0 Å². The monoisotopic (exact) mass is 370 g/mol. The van der Waals surface area contributed by atoms with Crippen LogP contribution in [0.1, 0.15) is 47.4 Å². The zero-order valence-corrected chi connectivity index (χ0v) is 15.5. The molecular weight excluding hydrogens is 347 g/mol. The molecular formula is C21H23FN2O3. The maximum absolute atomic E-state index is 12.9. The van der Waals surface area contributed by atoms with Gasteiger partial charge in [-0.2, -0.15) is 0 Å². The molecule has 6 heteroatoms. The molecule has 1 N–H and O–H groups in total. The Bertz CT molecular complexity index is 797. The van der Waals surface area contributed by atoms with Crippen LogP contribution in [0, 0.1) is 5.82 Å². The number of nitrogens with one attached hydrogen (secondary N) is 1. The third kappa shape index (κ3) is 5.74. The van der Waals surface area contributed by atoms with Crippen molar-refractivity contribution in [3.8, 4) is 0 Å². The van der Waals surface area contributed by atoms with Crippen LogP contribution in [0.2, 0.25) is 0 Å². The molecule has 0 fully saturated rings. The van der Waals surface area contributed by atoms with E-state index in [2.05, 4.69) is 5.32 Å². The lowest BCUT2D eigenvalue weighted by atomic mass is 10.1. The van der Waals surface area contributed by atoms with Gasteiger partial charge in [0.15, 0.2) is 5.78 Å². The van der Waals surface area contributed by atoms with Gasteiger partial charge in [-0.15, -0.1) is 0 Å². The van der Waals surface area contributed by atoms with Crippen LogP contribution in [-0.4, -0.2) is 35.6 Å². The average molecular weight is 370 g/mol.